The fourth-order valence-electron chi connectivity index (χ4n) is 2.24. The number of benzene rings is 1. The number of hydrogen-bond donors (Lipinski definition) is 2. The summed E-state index contributed by atoms with van der Waals surface area (Å²) in [6.07, 6.45) is 4.01. The molecule has 1 aliphatic carbocycles. The summed E-state index contributed by atoms with van der Waals surface area (Å²) in [5.41, 5.74) is -0.0220. The van der Waals surface area contributed by atoms with E-state index in [-0.39, 0.29) is 12.1 Å². The maximum absolute atomic E-state index is 13.0. The first-order valence-electron chi connectivity index (χ1n) is 6.12. The number of amides is 1. The van der Waals surface area contributed by atoms with E-state index in [1.165, 1.54) is 0 Å². The number of carbonyl (C=O) groups excluding carboxylic acids is 1. The number of halogens is 2. The van der Waals surface area contributed by atoms with Crippen molar-refractivity contribution in [3.05, 3.63) is 42.0 Å². The Morgan fingerprint density at radius 1 is 1.05 bits per heavy atom. The predicted octanol–water partition coefficient (Wildman–Crippen LogP) is 2.57. The second kappa shape index (κ2) is 5.81. The molecule has 1 aromatic carbocycles. The first-order chi connectivity index (χ1) is 9.47. The smallest absolute Gasteiger partial charge is 0.307 e. The molecule has 0 saturated heterocycles. The highest BCUT2D eigenvalue weighted by Crippen LogP contribution is 2.27. The first kappa shape index (κ1) is 14.2. The maximum Gasteiger partial charge on any atom is 0.307 e. The second-order valence-corrected chi connectivity index (χ2v) is 4.64. The summed E-state index contributed by atoms with van der Waals surface area (Å²) in [5, 5.41) is 11.4. The Bertz CT molecular complexity index is 551. The van der Waals surface area contributed by atoms with Crippen LogP contribution in [0.3, 0.4) is 0 Å². The largest absolute Gasteiger partial charge is 0.481 e. The van der Waals surface area contributed by atoms with E-state index in [0.29, 0.717) is 12.5 Å². The van der Waals surface area contributed by atoms with Gasteiger partial charge >= 0.3 is 5.97 Å². The van der Waals surface area contributed by atoms with E-state index in [4.69, 9.17) is 5.11 Å². The Morgan fingerprint density at radius 3 is 2.15 bits per heavy atom. The fraction of sp³-hybridized carbons (Fsp3) is 0.286. The molecule has 2 atom stereocenters. The van der Waals surface area contributed by atoms with Gasteiger partial charge in [0, 0.05) is 11.8 Å². The summed E-state index contributed by atoms with van der Waals surface area (Å²) in [5.74, 6) is -4.79. The molecule has 1 aliphatic rings. The molecule has 1 aromatic rings. The molecule has 0 aromatic heterocycles. The van der Waals surface area contributed by atoms with Gasteiger partial charge in [-0.15, -0.1) is 0 Å². The van der Waals surface area contributed by atoms with Crippen molar-refractivity contribution >= 4 is 17.6 Å². The van der Waals surface area contributed by atoms with Crippen molar-refractivity contribution in [3.63, 3.8) is 0 Å². The molecule has 6 heteroatoms. The number of nitrogens with one attached hydrogen (secondary N) is 1. The number of allylic oxidation sites excluding steroid dienone is 2. The van der Waals surface area contributed by atoms with Crippen molar-refractivity contribution in [2.24, 2.45) is 11.8 Å². The van der Waals surface area contributed by atoms with Crippen LogP contribution < -0.4 is 5.32 Å². The van der Waals surface area contributed by atoms with Crippen molar-refractivity contribution in [2.45, 2.75) is 12.8 Å². The Morgan fingerprint density at radius 2 is 1.60 bits per heavy atom. The number of rotatable bonds is 3. The molecule has 1 amide bonds. The van der Waals surface area contributed by atoms with Crippen molar-refractivity contribution in [2.75, 3.05) is 5.32 Å². The van der Waals surface area contributed by atoms with E-state index in [9.17, 15) is 18.4 Å². The van der Waals surface area contributed by atoms with Gasteiger partial charge in [-0.25, -0.2) is 8.78 Å². The number of aliphatic carboxylic acids is 1. The molecule has 0 saturated carbocycles. The molecule has 4 nitrogen and oxygen atoms in total. The molecule has 20 heavy (non-hydrogen) atoms. The second-order valence-electron chi connectivity index (χ2n) is 4.64. The third kappa shape index (κ3) is 3.20. The molecule has 0 unspecified atom stereocenters. The lowest BCUT2D eigenvalue weighted by Crippen LogP contribution is -2.34. The molecule has 0 radical (unpaired) electrons. The Balaban J connectivity index is 2.14. The Kier molecular flexibility index (Phi) is 4.12. The predicted molar refractivity (Wildman–Crippen MR) is 68.0 cm³/mol. The molecule has 0 fully saturated rings. The molecular formula is C14H13F2NO3. The van der Waals surface area contributed by atoms with Gasteiger partial charge in [-0.3, -0.25) is 9.59 Å². The van der Waals surface area contributed by atoms with E-state index in [1.807, 2.05) is 0 Å². The van der Waals surface area contributed by atoms with Crippen molar-refractivity contribution in [1.29, 1.82) is 0 Å². The topological polar surface area (TPSA) is 66.4 Å². The number of anilines is 1. The molecule has 0 bridgehead atoms. The summed E-state index contributed by atoms with van der Waals surface area (Å²) in [4.78, 5) is 23.1. The molecular weight excluding hydrogens is 268 g/mol. The normalized spacial score (nSPS) is 21.5. The SMILES string of the molecule is O=C(O)[C@H]1CC=CC[C@H]1C(=O)Nc1cc(F)cc(F)c1. The van der Waals surface area contributed by atoms with Gasteiger partial charge in [0.05, 0.1) is 11.8 Å². The minimum absolute atomic E-state index is 0.0220. The van der Waals surface area contributed by atoms with Gasteiger partial charge in [-0.1, -0.05) is 12.2 Å². The van der Waals surface area contributed by atoms with Crippen LogP contribution in [-0.2, 0) is 9.59 Å². The lowest BCUT2D eigenvalue weighted by Gasteiger charge is -2.24. The average molecular weight is 281 g/mol. The van der Waals surface area contributed by atoms with E-state index in [2.05, 4.69) is 5.32 Å². The minimum Gasteiger partial charge on any atom is -0.481 e. The van der Waals surface area contributed by atoms with Gasteiger partial charge < -0.3 is 10.4 Å². The van der Waals surface area contributed by atoms with E-state index < -0.39 is 35.3 Å². The highest BCUT2D eigenvalue weighted by Gasteiger charge is 2.33. The molecule has 2 N–H and O–H groups in total. The van der Waals surface area contributed by atoms with Crippen LogP contribution >= 0.6 is 0 Å². The van der Waals surface area contributed by atoms with Crippen LogP contribution in [0.1, 0.15) is 12.8 Å². The third-order valence-electron chi connectivity index (χ3n) is 3.22. The molecule has 0 aliphatic heterocycles. The van der Waals surface area contributed by atoms with Crippen molar-refractivity contribution in [3.8, 4) is 0 Å². The van der Waals surface area contributed by atoms with Gasteiger partial charge in [0.25, 0.3) is 0 Å². The van der Waals surface area contributed by atoms with Gasteiger partial charge in [0.2, 0.25) is 5.91 Å². The van der Waals surface area contributed by atoms with Gasteiger partial charge in [-0.05, 0) is 25.0 Å². The summed E-state index contributed by atoms with van der Waals surface area (Å²) in [6, 6.07) is 2.66. The van der Waals surface area contributed by atoms with Crippen LogP contribution in [0.4, 0.5) is 14.5 Å². The number of carbonyl (C=O) groups is 2. The van der Waals surface area contributed by atoms with E-state index in [0.717, 1.165) is 12.1 Å². The standard InChI is InChI=1S/C14H13F2NO3/c15-8-5-9(16)7-10(6-8)17-13(18)11-3-1-2-4-12(11)14(19)20/h1-2,5-7,11-12H,3-4H2,(H,17,18)(H,19,20)/t11-,12+/m1/s1. The molecule has 0 spiro atoms. The lowest BCUT2D eigenvalue weighted by atomic mass is 9.82. The van der Waals surface area contributed by atoms with Crippen LogP contribution in [0.2, 0.25) is 0 Å². The summed E-state index contributed by atoms with van der Waals surface area (Å²) in [6.45, 7) is 0. The molecule has 2 rings (SSSR count). The summed E-state index contributed by atoms with van der Waals surface area (Å²) in [7, 11) is 0. The van der Waals surface area contributed by atoms with Crippen LogP contribution in [0.5, 0.6) is 0 Å². The van der Waals surface area contributed by atoms with Crippen LogP contribution in [0, 0.1) is 23.5 Å². The average Bonchev–Trinajstić information content (AvgIpc) is 2.37. The van der Waals surface area contributed by atoms with Crippen LogP contribution in [0.25, 0.3) is 0 Å². The molecule has 0 heterocycles. The lowest BCUT2D eigenvalue weighted by molar-refractivity contribution is -0.146. The zero-order valence-corrected chi connectivity index (χ0v) is 10.5. The van der Waals surface area contributed by atoms with Crippen molar-refractivity contribution < 1.29 is 23.5 Å². The van der Waals surface area contributed by atoms with E-state index in [1.54, 1.807) is 12.2 Å². The van der Waals surface area contributed by atoms with Crippen LogP contribution in [0.15, 0.2) is 30.4 Å². The van der Waals surface area contributed by atoms with Crippen LogP contribution in [-0.4, -0.2) is 17.0 Å². The Labute approximate surface area is 114 Å². The van der Waals surface area contributed by atoms with Gasteiger partial charge in [0.1, 0.15) is 11.6 Å². The highest BCUT2D eigenvalue weighted by molar-refractivity contribution is 5.95. The number of hydrogen-bond acceptors (Lipinski definition) is 2. The minimum atomic E-state index is -1.06. The number of carboxylic acids is 1. The summed E-state index contributed by atoms with van der Waals surface area (Å²) >= 11 is 0. The Hall–Kier alpha value is -2.24. The fourth-order valence-corrected chi connectivity index (χ4v) is 2.24. The zero-order valence-electron chi connectivity index (χ0n) is 10.5. The highest BCUT2D eigenvalue weighted by atomic mass is 19.1. The maximum atomic E-state index is 13.0. The first-order valence-corrected chi connectivity index (χ1v) is 6.12. The summed E-state index contributed by atoms with van der Waals surface area (Å²) < 4.78 is 26.1. The zero-order chi connectivity index (χ0) is 14.7. The van der Waals surface area contributed by atoms with Gasteiger partial charge in [0.15, 0.2) is 0 Å². The van der Waals surface area contributed by atoms with Crippen molar-refractivity contribution in [1.82, 2.24) is 0 Å². The quantitative estimate of drug-likeness (QED) is 0.837. The number of carboxylic acid groups (broad SMARTS) is 1. The van der Waals surface area contributed by atoms with E-state index >= 15 is 0 Å². The molecule has 106 valence electrons. The monoisotopic (exact) mass is 281 g/mol. The van der Waals surface area contributed by atoms with Gasteiger partial charge in [-0.2, -0.15) is 0 Å². The third-order valence-corrected chi connectivity index (χ3v) is 3.22.